The quantitative estimate of drug-likeness (QED) is 0.427. The number of hydrogen-bond donors (Lipinski definition) is 2. The highest BCUT2D eigenvalue weighted by Gasteiger charge is 2.57. The van der Waals surface area contributed by atoms with Gasteiger partial charge in [-0.25, -0.2) is 0 Å². The van der Waals surface area contributed by atoms with Crippen molar-refractivity contribution in [3.63, 3.8) is 0 Å². The van der Waals surface area contributed by atoms with Gasteiger partial charge in [0.25, 0.3) is 0 Å². The largest absolute Gasteiger partial charge is 0.418 e. The number of alkyl halides is 6. The van der Waals surface area contributed by atoms with Crippen LogP contribution in [0.4, 0.5) is 32.0 Å². The van der Waals surface area contributed by atoms with Crippen molar-refractivity contribution in [2.75, 3.05) is 5.32 Å². The van der Waals surface area contributed by atoms with Crippen molar-refractivity contribution in [2.45, 2.75) is 51.9 Å². The van der Waals surface area contributed by atoms with Crippen LogP contribution in [0.1, 0.15) is 50.7 Å². The highest BCUT2D eigenvalue weighted by atomic mass is 19.4. The van der Waals surface area contributed by atoms with E-state index in [1.54, 1.807) is 0 Å². The average molecular weight is 525 g/mol. The summed E-state index contributed by atoms with van der Waals surface area (Å²) in [6.07, 6.45) is -0.112. The molecule has 1 aromatic rings. The first-order chi connectivity index (χ1) is 17.1. The van der Waals surface area contributed by atoms with Gasteiger partial charge >= 0.3 is 12.4 Å². The van der Waals surface area contributed by atoms with E-state index in [0.717, 1.165) is 11.3 Å². The molecule has 4 aliphatic rings. The molecule has 1 aromatic carbocycles. The molecule has 37 heavy (non-hydrogen) atoms. The maximum atomic E-state index is 13.6. The van der Waals surface area contributed by atoms with Crippen molar-refractivity contribution in [1.82, 2.24) is 5.32 Å². The Morgan fingerprint density at radius 1 is 1.00 bits per heavy atom. The maximum absolute atomic E-state index is 13.6. The summed E-state index contributed by atoms with van der Waals surface area (Å²) in [5, 5.41) is 5.11. The summed E-state index contributed by atoms with van der Waals surface area (Å²) >= 11 is 0. The van der Waals surface area contributed by atoms with E-state index in [9.17, 15) is 35.9 Å². The fourth-order valence-corrected chi connectivity index (χ4v) is 6.95. The van der Waals surface area contributed by atoms with Crippen LogP contribution in [0.5, 0.6) is 0 Å². The van der Waals surface area contributed by atoms with Crippen LogP contribution in [0.15, 0.2) is 53.8 Å². The topological polar surface area (TPSA) is 58.2 Å². The van der Waals surface area contributed by atoms with Gasteiger partial charge in [0.2, 0.25) is 11.8 Å². The van der Waals surface area contributed by atoms with Gasteiger partial charge in [-0.15, -0.1) is 0 Å². The Bertz CT molecular complexity index is 1260. The Morgan fingerprint density at radius 2 is 1.73 bits per heavy atom. The molecule has 10 heteroatoms. The van der Waals surface area contributed by atoms with Crippen LogP contribution < -0.4 is 10.6 Å². The Morgan fingerprint density at radius 3 is 2.41 bits per heavy atom. The number of fused-ring (bicyclic) bond motifs is 5. The Hall–Kier alpha value is -3.04. The van der Waals surface area contributed by atoms with Gasteiger partial charge in [-0.05, 0) is 74.1 Å². The molecule has 198 valence electrons. The predicted molar refractivity (Wildman–Crippen MR) is 124 cm³/mol. The molecule has 0 bridgehead atoms. The highest BCUT2D eigenvalue weighted by Crippen LogP contribution is 2.63. The molecule has 3 aliphatic carbocycles. The predicted octanol–water partition coefficient (Wildman–Crippen LogP) is 6.62. The SMILES string of the molecule is C[C@]12CC[C@H]3C(=CC=C4NC(=O)C=C[C@@]43C)[C@@H]1CC[C@@H]2C(=O)Nc1cc(C(F)(F)F)ccc1C(F)(F)F. The van der Waals surface area contributed by atoms with Crippen molar-refractivity contribution in [2.24, 2.45) is 28.6 Å². The number of amides is 2. The van der Waals surface area contributed by atoms with Crippen molar-refractivity contribution in [1.29, 1.82) is 0 Å². The van der Waals surface area contributed by atoms with Crippen molar-refractivity contribution in [3.05, 3.63) is 64.9 Å². The molecule has 2 N–H and O–H groups in total. The first-order valence-electron chi connectivity index (χ1n) is 12.2. The lowest BCUT2D eigenvalue weighted by Gasteiger charge is -2.52. The lowest BCUT2D eigenvalue weighted by atomic mass is 9.53. The smallest absolute Gasteiger partial charge is 0.325 e. The van der Waals surface area contributed by atoms with Gasteiger partial charge in [0, 0.05) is 23.1 Å². The third-order valence-electron chi connectivity index (χ3n) is 8.92. The molecule has 0 radical (unpaired) electrons. The Balaban J connectivity index is 1.44. The first kappa shape index (κ1) is 25.6. The van der Waals surface area contributed by atoms with E-state index >= 15 is 0 Å². The summed E-state index contributed by atoms with van der Waals surface area (Å²) in [4.78, 5) is 25.2. The second-order valence-corrected chi connectivity index (χ2v) is 10.9. The molecular weight excluding hydrogens is 498 g/mol. The second kappa shape index (κ2) is 8.23. The van der Waals surface area contributed by atoms with Crippen LogP contribution in [0.3, 0.4) is 0 Å². The summed E-state index contributed by atoms with van der Waals surface area (Å²) in [5.74, 6) is -1.45. The number of allylic oxidation sites excluding steroid dienone is 4. The van der Waals surface area contributed by atoms with Crippen LogP contribution in [0.2, 0.25) is 0 Å². The molecule has 0 unspecified atom stereocenters. The van der Waals surface area contributed by atoms with Gasteiger partial charge in [-0.1, -0.05) is 24.6 Å². The van der Waals surface area contributed by atoms with E-state index in [2.05, 4.69) is 17.6 Å². The van der Waals surface area contributed by atoms with Gasteiger partial charge in [0.15, 0.2) is 0 Å². The molecule has 5 atom stereocenters. The molecule has 5 rings (SSSR count). The molecule has 4 nitrogen and oxygen atoms in total. The molecular formula is C27H26F6N2O2. The van der Waals surface area contributed by atoms with E-state index in [4.69, 9.17) is 0 Å². The molecule has 0 spiro atoms. The zero-order valence-corrected chi connectivity index (χ0v) is 20.2. The number of carbonyl (C=O) groups excluding carboxylic acids is 2. The molecule has 2 saturated carbocycles. The molecule has 2 amide bonds. The number of halogens is 6. The van der Waals surface area contributed by atoms with E-state index < -0.39 is 51.8 Å². The Kier molecular flexibility index (Phi) is 5.69. The normalized spacial score (nSPS) is 33.0. The average Bonchev–Trinajstić information content (AvgIpc) is 3.15. The molecule has 0 saturated heterocycles. The van der Waals surface area contributed by atoms with Gasteiger partial charge in [0.05, 0.1) is 16.8 Å². The zero-order chi connectivity index (χ0) is 27.0. The molecule has 1 aliphatic heterocycles. The number of anilines is 1. The van der Waals surface area contributed by atoms with E-state index in [0.29, 0.717) is 43.9 Å². The molecule has 0 aromatic heterocycles. The van der Waals surface area contributed by atoms with Gasteiger partial charge in [-0.2, -0.15) is 26.3 Å². The van der Waals surface area contributed by atoms with Gasteiger partial charge in [-0.3, -0.25) is 9.59 Å². The fraction of sp³-hybridized carbons (Fsp3) is 0.481. The van der Waals surface area contributed by atoms with Crippen molar-refractivity contribution in [3.8, 4) is 0 Å². The summed E-state index contributed by atoms with van der Waals surface area (Å²) in [6, 6.07) is 1.08. The van der Waals surface area contributed by atoms with E-state index in [1.807, 2.05) is 25.2 Å². The first-order valence-corrected chi connectivity index (χ1v) is 12.2. The summed E-state index contributed by atoms with van der Waals surface area (Å²) < 4.78 is 80.3. The minimum Gasteiger partial charge on any atom is -0.325 e. The number of carbonyl (C=O) groups is 2. The van der Waals surface area contributed by atoms with E-state index in [1.165, 1.54) is 6.08 Å². The number of hydrogen-bond acceptors (Lipinski definition) is 2. The molecule has 2 fully saturated rings. The fourth-order valence-electron chi connectivity index (χ4n) is 6.95. The number of rotatable bonds is 2. The van der Waals surface area contributed by atoms with Crippen LogP contribution in [0, 0.1) is 28.6 Å². The van der Waals surface area contributed by atoms with E-state index in [-0.39, 0.29) is 17.7 Å². The lowest BCUT2D eigenvalue weighted by Crippen LogP contribution is -2.48. The number of nitrogens with one attached hydrogen (secondary N) is 2. The highest BCUT2D eigenvalue weighted by molar-refractivity contribution is 5.94. The summed E-state index contributed by atoms with van der Waals surface area (Å²) in [5.41, 5.74) is -2.46. The van der Waals surface area contributed by atoms with Gasteiger partial charge < -0.3 is 10.6 Å². The van der Waals surface area contributed by atoms with Crippen LogP contribution >= 0.6 is 0 Å². The number of benzene rings is 1. The lowest BCUT2D eigenvalue weighted by molar-refractivity contribution is -0.141. The Labute approximate surface area is 209 Å². The third kappa shape index (κ3) is 4.08. The van der Waals surface area contributed by atoms with Crippen molar-refractivity contribution < 1.29 is 35.9 Å². The summed E-state index contributed by atoms with van der Waals surface area (Å²) in [7, 11) is 0. The van der Waals surface area contributed by atoms with Crippen molar-refractivity contribution >= 4 is 17.5 Å². The summed E-state index contributed by atoms with van der Waals surface area (Å²) in [6.45, 7) is 4.00. The van der Waals surface area contributed by atoms with Crippen LogP contribution in [-0.2, 0) is 21.9 Å². The standard InChI is InChI=1S/C27H26F6N2O2/c1-24-11-9-17-15(4-8-21-25(17,2)12-10-22(36)35-21)16(24)6-7-19(24)23(37)34-20-13-14(26(28,29)30)3-5-18(20)27(31,32)33/h3-5,8,10,12-13,16-17,19H,6-7,9,11H2,1-2H3,(H,34,37)(H,35,36)/t16-,17-,19+,24-,25+/m0/s1. The minimum absolute atomic E-state index is 0.00810. The zero-order valence-electron chi connectivity index (χ0n) is 20.2. The van der Waals surface area contributed by atoms with Crippen LogP contribution in [-0.4, -0.2) is 11.8 Å². The monoisotopic (exact) mass is 524 g/mol. The third-order valence-corrected chi connectivity index (χ3v) is 8.92. The maximum Gasteiger partial charge on any atom is 0.418 e. The second-order valence-electron chi connectivity index (χ2n) is 10.9. The molecule has 1 heterocycles. The van der Waals surface area contributed by atoms with Gasteiger partial charge in [0.1, 0.15) is 0 Å². The minimum atomic E-state index is -4.93. The van der Waals surface area contributed by atoms with Crippen LogP contribution in [0.25, 0.3) is 0 Å².